The van der Waals surface area contributed by atoms with E-state index < -0.39 is 11.2 Å². The maximum absolute atomic E-state index is 10.8. The monoisotopic (exact) mass is 474 g/mol. The highest BCUT2D eigenvalue weighted by molar-refractivity contribution is 5.32. The highest BCUT2D eigenvalue weighted by Gasteiger charge is 2.60. The van der Waals surface area contributed by atoms with Crippen molar-refractivity contribution in [1.29, 1.82) is 0 Å². The van der Waals surface area contributed by atoms with Crippen molar-refractivity contribution >= 4 is 0 Å². The summed E-state index contributed by atoms with van der Waals surface area (Å²) < 4.78 is 13.2. The molecule has 3 saturated carbocycles. The lowest BCUT2D eigenvalue weighted by atomic mass is 9.53. The lowest BCUT2D eigenvalue weighted by Gasteiger charge is -2.55. The summed E-state index contributed by atoms with van der Waals surface area (Å²) in [6.45, 7) is 15.4. The SMILES string of the molecule is CC(C)(O)C1CCC2(C)CC(=C3CCC4C3(C)CCC3OC(C)(C)C(O)CCC34C)CCC2O1. The van der Waals surface area contributed by atoms with E-state index in [1.807, 2.05) is 13.8 Å². The summed E-state index contributed by atoms with van der Waals surface area (Å²) >= 11 is 0. The van der Waals surface area contributed by atoms with Gasteiger partial charge in [-0.05, 0) is 120 Å². The quantitative estimate of drug-likeness (QED) is 0.436. The van der Waals surface area contributed by atoms with Gasteiger partial charge in [-0.1, -0.05) is 31.9 Å². The molecule has 0 radical (unpaired) electrons. The van der Waals surface area contributed by atoms with Gasteiger partial charge in [0.1, 0.15) is 0 Å². The number of fused-ring (bicyclic) bond motifs is 4. The zero-order valence-corrected chi connectivity index (χ0v) is 22.9. The summed E-state index contributed by atoms with van der Waals surface area (Å²) in [4.78, 5) is 0. The molecule has 0 aromatic carbocycles. The summed E-state index contributed by atoms with van der Waals surface area (Å²) in [6.07, 6.45) is 12.3. The van der Waals surface area contributed by atoms with Crippen LogP contribution < -0.4 is 0 Å². The van der Waals surface area contributed by atoms with E-state index in [0.29, 0.717) is 5.92 Å². The number of aliphatic hydroxyl groups excluding tert-OH is 1. The fourth-order valence-corrected chi connectivity index (χ4v) is 9.15. The molecule has 0 amide bonds. The molecule has 8 unspecified atom stereocenters. The molecule has 0 bridgehead atoms. The number of ether oxygens (including phenoxy) is 2. The second kappa shape index (κ2) is 8.04. The lowest BCUT2D eigenvalue weighted by molar-refractivity contribution is -0.190. The molecule has 2 heterocycles. The van der Waals surface area contributed by atoms with E-state index in [0.717, 1.165) is 51.4 Å². The van der Waals surface area contributed by atoms with E-state index in [4.69, 9.17) is 9.47 Å². The molecular weight excluding hydrogens is 424 g/mol. The third-order valence-corrected chi connectivity index (χ3v) is 11.4. The van der Waals surface area contributed by atoms with Gasteiger partial charge in [0.15, 0.2) is 0 Å². The fourth-order valence-electron chi connectivity index (χ4n) is 9.15. The summed E-state index contributed by atoms with van der Waals surface area (Å²) in [5, 5.41) is 21.3. The van der Waals surface area contributed by atoms with E-state index >= 15 is 0 Å². The van der Waals surface area contributed by atoms with Crippen LogP contribution in [0.2, 0.25) is 0 Å². The summed E-state index contributed by atoms with van der Waals surface area (Å²) in [7, 11) is 0. The fraction of sp³-hybridized carbons (Fsp3) is 0.933. The van der Waals surface area contributed by atoms with Crippen LogP contribution in [0.5, 0.6) is 0 Å². The van der Waals surface area contributed by atoms with Crippen LogP contribution in [0.15, 0.2) is 11.1 Å². The number of allylic oxidation sites excluding steroid dienone is 2. The lowest BCUT2D eigenvalue weighted by Crippen LogP contribution is -2.52. The molecule has 5 rings (SSSR count). The van der Waals surface area contributed by atoms with Crippen LogP contribution >= 0.6 is 0 Å². The molecular formula is C30H50O4. The van der Waals surface area contributed by atoms with Gasteiger partial charge in [-0.3, -0.25) is 0 Å². The van der Waals surface area contributed by atoms with Crippen molar-refractivity contribution in [2.45, 2.75) is 155 Å². The minimum Gasteiger partial charge on any atom is -0.390 e. The first-order valence-corrected chi connectivity index (χ1v) is 14.1. The molecule has 0 spiro atoms. The molecule has 4 heteroatoms. The van der Waals surface area contributed by atoms with Gasteiger partial charge in [0.05, 0.1) is 35.6 Å². The third kappa shape index (κ3) is 3.85. The predicted molar refractivity (Wildman–Crippen MR) is 136 cm³/mol. The van der Waals surface area contributed by atoms with Crippen LogP contribution in [0.4, 0.5) is 0 Å². The van der Waals surface area contributed by atoms with Gasteiger partial charge in [0.2, 0.25) is 0 Å². The molecule has 194 valence electrons. The Bertz CT molecular complexity index is 839. The average molecular weight is 475 g/mol. The second-order valence-electron chi connectivity index (χ2n) is 14.6. The smallest absolute Gasteiger partial charge is 0.0888 e. The maximum atomic E-state index is 10.8. The van der Waals surface area contributed by atoms with Crippen molar-refractivity contribution in [3.63, 3.8) is 0 Å². The van der Waals surface area contributed by atoms with E-state index in [1.54, 1.807) is 11.1 Å². The van der Waals surface area contributed by atoms with Crippen molar-refractivity contribution in [1.82, 2.24) is 0 Å². The normalized spacial score (nSPS) is 51.3. The van der Waals surface area contributed by atoms with Gasteiger partial charge in [-0.25, -0.2) is 0 Å². The standard InChI is InChI=1S/C30H50O4/c1-26(2,32)23-13-15-28(5)18-19(8-11-24(28)33-23)20-9-10-21-29(20,6)17-14-25-30(21,7)16-12-22(31)27(3,4)34-25/h21-25,31-32H,8-18H2,1-7H3. The van der Waals surface area contributed by atoms with Gasteiger partial charge < -0.3 is 19.7 Å². The summed E-state index contributed by atoms with van der Waals surface area (Å²) in [6, 6.07) is 0. The number of hydrogen-bond donors (Lipinski definition) is 2. The summed E-state index contributed by atoms with van der Waals surface area (Å²) in [5.41, 5.74) is 2.87. The number of rotatable bonds is 1. The van der Waals surface area contributed by atoms with E-state index in [9.17, 15) is 10.2 Å². The second-order valence-corrected chi connectivity index (χ2v) is 14.6. The molecule has 34 heavy (non-hydrogen) atoms. The Morgan fingerprint density at radius 2 is 1.59 bits per heavy atom. The Morgan fingerprint density at radius 1 is 0.853 bits per heavy atom. The Kier molecular flexibility index (Phi) is 5.97. The molecule has 4 nitrogen and oxygen atoms in total. The van der Waals surface area contributed by atoms with Gasteiger partial charge in [0, 0.05) is 0 Å². The van der Waals surface area contributed by atoms with Crippen LogP contribution in [0, 0.1) is 22.2 Å². The van der Waals surface area contributed by atoms with Crippen molar-refractivity contribution in [3.8, 4) is 0 Å². The van der Waals surface area contributed by atoms with Gasteiger partial charge in [-0.2, -0.15) is 0 Å². The summed E-state index contributed by atoms with van der Waals surface area (Å²) in [5.74, 6) is 0.634. The Morgan fingerprint density at radius 3 is 2.29 bits per heavy atom. The van der Waals surface area contributed by atoms with E-state index in [2.05, 4.69) is 34.6 Å². The largest absolute Gasteiger partial charge is 0.390 e. The van der Waals surface area contributed by atoms with Gasteiger partial charge in [-0.15, -0.1) is 0 Å². The van der Waals surface area contributed by atoms with Crippen LogP contribution in [-0.2, 0) is 9.47 Å². The highest BCUT2D eigenvalue weighted by Crippen LogP contribution is 2.66. The van der Waals surface area contributed by atoms with Gasteiger partial charge >= 0.3 is 0 Å². The Balaban J connectivity index is 1.40. The average Bonchev–Trinajstić information content (AvgIpc) is 3.06. The topological polar surface area (TPSA) is 58.9 Å². The molecule has 2 aliphatic heterocycles. The minimum atomic E-state index is -0.761. The van der Waals surface area contributed by atoms with Crippen molar-refractivity contribution in [3.05, 3.63) is 11.1 Å². The van der Waals surface area contributed by atoms with Crippen LogP contribution in [0.1, 0.15) is 119 Å². The molecule has 8 atom stereocenters. The first kappa shape index (κ1) is 25.2. The van der Waals surface area contributed by atoms with Crippen molar-refractivity contribution in [2.24, 2.45) is 22.2 Å². The molecule has 5 aliphatic rings. The first-order chi connectivity index (χ1) is 15.7. The molecule has 2 saturated heterocycles. The van der Waals surface area contributed by atoms with Gasteiger partial charge in [0.25, 0.3) is 0 Å². The van der Waals surface area contributed by atoms with Crippen LogP contribution in [0.25, 0.3) is 0 Å². The highest BCUT2D eigenvalue weighted by atomic mass is 16.5. The van der Waals surface area contributed by atoms with Crippen molar-refractivity contribution < 1.29 is 19.7 Å². The molecule has 3 aliphatic carbocycles. The first-order valence-electron chi connectivity index (χ1n) is 14.1. The number of hydrogen-bond acceptors (Lipinski definition) is 4. The van der Waals surface area contributed by atoms with E-state index in [1.165, 1.54) is 19.3 Å². The third-order valence-electron chi connectivity index (χ3n) is 11.4. The molecule has 5 fully saturated rings. The zero-order valence-electron chi connectivity index (χ0n) is 22.9. The van der Waals surface area contributed by atoms with E-state index in [-0.39, 0.29) is 40.7 Å². The van der Waals surface area contributed by atoms with Crippen molar-refractivity contribution in [2.75, 3.05) is 0 Å². The molecule has 2 N–H and O–H groups in total. The number of aliphatic hydroxyl groups is 2. The Labute approximate surface area is 207 Å². The maximum Gasteiger partial charge on any atom is 0.0888 e. The van der Waals surface area contributed by atoms with Crippen LogP contribution in [-0.4, -0.2) is 45.8 Å². The Hall–Kier alpha value is -0.420. The molecule has 0 aromatic heterocycles. The van der Waals surface area contributed by atoms with Crippen LogP contribution in [0.3, 0.4) is 0 Å². The molecule has 0 aromatic rings. The predicted octanol–water partition coefficient (Wildman–Crippen LogP) is 6.33. The zero-order chi connectivity index (χ0) is 24.7. The minimum absolute atomic E-state index is 0.0433.